The van der Waals surface area contributed by atoms with Crippen LogP contribution in [0.1, 0.15) is 43.2 Å². The number of unbranched alkanes of at least 4 members (excludes halogenated alkanes) is 1. The summed E-state index contributed by atoms with van der Waals surface area (Å²) in [7, 11) is 0. The number of aromatic amines is 1. The summed E-state index contributed by atoms with van der Waals surface area (Å²) in [6.07, 6.45) is 7.87. The lowest BCUT2D eigenvalue weighted by Gasteiger charge is -2.26. The van der Waals surface area contributed by atoms with E-state index in [0.717, 1.165) is 30.7 Å². The fraction of sp³-hybridized carbons (Fsp3) is 0.333. The number of aromatic nitrogens is 2. The van der Waals surface area contributed by atoms with Gasteiger partial charge in [-0.25, -0.2) is 10.4 Å². The second-order valence-electron chi connectivity index (χ2n) is 8.51. The Balaban J connectivity index is 1.27. The Bertz CT molecular complexity index is 1210. The standard InChI is InChI=1S/C27H30N6O2/c28-19-24-25(22-9-3-1-4-10-22)30-27(31-26(24)34)32-29-20-21-11-13-23(14-12-21)35-18-8-7-17-33-15-5-2-6-16-33/h1,3-4,9-14,20H,2,5-8,15-18H2,(H2,30,31,32,34). The highest BCUT2D eigenvalue weighted by Gasteiger charge is 2.13. The van der Waals surface area contributed by atoms with Gasteiger partial charge < -0.3 is 9.64 Å². The molecule has 2 aromatic carbocycles. The van der Waals surface area contributed by atoms with E-state index in [0.29, 0.717) is 17.9 Å². The first-order valence-corrected chi connectivity index (χ1v) is 12.1. The lowest BCUT2D eigenvalue weighted by Crippen LogP contribution is -2.30. The van der Waals surface area contributed by atoms with Crippen molar-refractivity contribution in [2.24, 2.45) is 5.10 Å². The Morgan fingerprint density at radius 2 is 1.86 bits per heavy atom. The van der Waals surface area contributed by atoms with Gasteiger partial charge in [-0.1, -0.05) is 36.8 Å². The van der Waals surface area contributed by atoms with Gasteiger partial charge in [0.15, 0.2) is 0 Å². The number of hydrogen-bond donors (Lipinski definition) is 2. The van der Waals surface area contributed by atoms with Gasteiger partial charge in [-0.3, -0.25) is 9.78 Å². The first-order valence-electron chi connectivity index (χ1n) is 12.1. The maximum absolute atomic E-state index is 12.3. The summed E-state index contributed by atoms with van der Waals surface area (Å²) in [6.45, 7) is 4.36. The Hall–Kier alpha value is -3.96. The molecule has 35 heavy (non-hydrogen) atoms. The van der Waals surface area contributed by atoms with Crippen molar-refractivity contribution >= 4 is 12.2 Å². The van der Waals surface area contributed by atoms with Crippen molar-refractivity contribution in [3.05, 3.63) is 76.1 Å². The van der Waals surface area contributed by atoms with Crippen LogP contribution in [0.25, 0.3) is 11.3 Å². The van der Waals surface area contributed by atoms with Gasteiger partial charge in [0.1, 0.15) is 17.4 Å². The maximum Gasteiger partial charge on any atom is 0.270 e. The van der Waals surface area contributed by atoms with Crippen LogP contribution in [-0.2, 0) is 0 Å². The van der Waals surface area contributed by atoms with Gasteiger partial charge in [0.25, 0.3) is 5.56 Å². The zero-order valence-electron chi connectivity index (χ0n) is 19.7. The van der Waals surface area contributed by atoms with Gasteiger partial charge >= 0.3 is 0 Å². The van der Waals surface area contributed by atoms with Crippen LogP contribution in [0, 0.1) is 11.3 Å². The molecule has 0 unspecified atom stereocenters. The van der Waals surface area contributed by atoms with Gasteiger partial charge in [0.2, 0.25) is 5.95 Å². The van der Waals surface area contributed by atoms with Crippen LogP contribution >= 0.6 is 0 Å². The number of nitrogens with one attached hydrogen (secondary N) is 2. The lowest BCUT2D eigenvalue weighted by molar-refractivity contribution is 0.216. The Labute approximate surface area is 205 Å². The normalized spacial score (nSPS) is 14.0. The van der Waals surface area contributed by atoms with Gasteiger partial charge in [-0.15, -0.1) is 0 Å². The molecule has 1 aliphatic heterocycles. The van der Waals surface area contributed by atoms with E-state index in [1.807, 2.05) is 48.5 Å². The molecule has 1 fully saturated rings. The average molecular weight is 471 g/mol. The van der Waals surface area contributed by atoms with Crippen molar-refractivity contribution in [1.82, 2.24) is 14.9 Å². The van der Waals surface area contributed by atoms with Crippen LogP contribution < -0.4 is 15.7 Å². The summed E-state index contributed by atoms with van der Waals surface area (Å²) in [4.78, 5) is 21.8. The zero-order valence-corrected chi connectivity index (χ0v) is 19.7. The average Bonchev–Trinajstić information content (AvgIpc) is 2.90. The second-order valence-corrected chi connectivity index (χ2v) is 8.51. The zero-order chi connectivity index (χ0) is 24.3. The fourth-order valence-electron chi connectivity index (χ4n) is 4.06. The van der Waals surface area contributed by atoms with Gasteiger partial charge in [0, 0.05) is 5.56 Å². The molecular formula is C27H30N6O2. The molecular weight excluding hydrogens is 440 g/mol. The van der Waals surface area contributed by atoms with Crippen molar-refractivity contribution in [1.29, 1.82) is 5.26 Å². The molecule has 0 saturated carbocycles. The summed E-state index contributed by atoms with van der Waals surface area (Å²) in [5.74, 6) is 0.993. The van der Waals surface area contributed by atoms with Crippen LogP contribution in [0.2, 0.25) is 0 Å². The van der Waals surface area contributed by atoms with Crippen molar-refractivity contribution in [2.75, 3.05) is 31.7 Å². The van der Waals surface area contributed by atoms with Crippen LogP contribution in [0.4, 0.5) is 5.95 Å². The summed E-state index contributed by atoms with van der Waals surface area (Å²) < 4.78 is 5.86. The van der Waals surface area contributed by atoms with E-state index in [-0.39, 0.29) is 11.5 Å². The summed E-state index contributed by atoms with van der Waals surface area (Å²) in [5.41, 5.74) is 4.06. The molecule has 2 heterocycles. The minimum Gasteiger partial charge on any atom is -0.494 e. The number of piperidine rings is 1. The predicted molar refractivity (Wildman–Crippen MR) is 138 cm³/mol. The van der Waals surface area contributed by atoms with Crippen LogP contribution in [0.15, 0.2) is 64.5 Å². The quantitative estimate of drug-likeness (QED) is 0.258. The van der Waals surface area contributed by atoms with Crippen molar-refractivity contribution in [3.63, 3.8) is 0 Å². The van der Waals surface area contributed by atoms with E-state index in [4.69, 9.17) is 4.74 Å². The molecule has 2 N–H and O–H groups in total. The minimum absolute atomic E-state index is 0.0344. The lowest BCUT2D eigenvalue weighted by atomic mass is 10.1. The molecule has 1 saturated heterocycles. The van der Waals surface area contributed by atoms with E-state index in [1.165, 1.54) is 32.4 Å². The molecule has 0 radical (unpaired) electrons. The fourth-order valence-corrected chi connectivity index (χ4v) is 4.06. The predicted octanol–water partition coefficient (Wildman–Crippen LogP) is 4.40. The number of nitrogens with zero attached hydrogens (tertiary/aromatic N) is 4. The summed E-state index contributed by atoms with van der Waals surface area (Å²) in [5, 5.41) is 13.5. The van der Waals surface area contributed by atoms with E-state index in [9.17, 15) is 10.1 Å². The number of benzene rings is 2. The van der Waals surface area contributed by atoms with Crippen molar-refractivity contribution in [3.8, 4) is 23.1 Å². The highest BCUT2D eigenvalue weighted by atomic mass is 16.5. The third-order valence-corrected chi connectivity index (χ3v) is 5.93. The molecule has 0 amide bonds. The topological polar surface area (TPSA) is 106 Å². The summed E-state index contributed by atoms with van der Waals surface area (Å²) in [6, 6.07) is 18.7. The monoisotopic (exact) mass is 470 g/mol. The van der Waals surface area contributed by atoms with Gasteiger partial charge in [-0.2, -0.15) is 10.4 Å². The van der Waals surface area contributed by atoms with E-state index in [1.54, 1.807) is 18.3 Å². The number of anilines is 1. The third-order valence-electron chi connectivity index (χ3n) is 5.93. The van der Waals surface area contributed by atoms with Crippen LogP contribution in [0.5, 0.6) is 5.75 Å². The van der Waals surface area contributed by atoms with Crippen molar-refractivity contribution < 1.29 is 4.74 Å². The number of hydrogen-bond acceptors (Lipinski definition) is 7. The second kappa shape index (κ2) is 12.5. The third kappa shape index (κ3) is 7.01. The van der Waals surface area contributed by atoms with E-state index < -0.39 is 5.56 Å². The molecule has 8 nitrogen and oxygen atoms in total. The SMILES string of the molecule is N#Cc1c(-c2ccccc2)nc(NN=Cc2ccc(OCCCCN3CCCCC3)cc2)[nH]c1=O. The molecule has 1 aliphatic rings. The van der Waals surface area contributed by atoms with Crippen LogP contribution in [0.3, 0.4) is 0 Å². The number of nitriles is 1. The largest absolute Gasteiger partial charge is 0.494 e. The molecule has 4 rings (SSSR count). The molecule has 3 aromatic rings. The Kier molecular flexibility index (Phi) is 8.63. The first-order chi connectivity index (χ1) is 17.2. The molecule has 0 bridgehead atoms. The van der Waals surface area contributed by atoms with Gasteiger partial charge in [0.05, 0.1) is 18.5 Å². The molecule has 0 spiro atoms. The smallest absolute Gasteiger partial charge is 0.270 e. The van der Waals surface area contributed by atoms with E-state index in [2.05, 4.69) is 25.4 Å². The van der Waals surface area contributed by atoms with Gasteiger partial charge in [-0.05, 0) is 75.1 Å². The molecule has 180 valence electrons. The number of hydrazone groups is 1. The minimum atomic E-state index is -0.517. The number of H-pyrrole nitrogens is 1. The number of likely N-dealkylation sites (tertiary alicyclic amines) is 1. The van der Waals surface area contributed by atoms with E-state index >= 15 is 0 Å². The first kappa shape index (κ1) is 24.2. The molecule has 8 heteroatoms. The number of rotatable bonds is 10. The maximum atomic E-state index is 12.3. The van der Waals surface area contributed by atoms with Crippen molar-refractivity contribution in [2.45, 2.75) is 32.1 Å². The Morgan fingerprint density at radius 3 is 2.60 bits per heavy atom. The number of ether oxygens (including phenoxy) is 1. The molecule has 1 aromatic heterocycles. The van der Waals surface area contributed by atoms with Crippen LogP contribution in [-0.4, -0.2) is 47.3 Å². The highest BCUT2D eigenvalue weighted by Crippen LogP contribution is 2.19. The molecule has 0 aliphatic carbocycles. The molecule has 0 atom stereocenters. The Morgan fingerprint density at radius 1 is 1.09 bits per heavy atom. The highest BCUT2D eigenvalue weighted by molar-refractivity contribution is 5.80. The summed E-state index contributed by atoms with van der Waals surface area (Å²) >= 11 is 0.